The minimum Gasteiger partial charge on any atom is -0.310 e. The van der Waals surface area contributed by atoms with E-state index in [4.69, 9.17) is 0 Å². The summed E-state index contributed by atoms with van der Waals surface area (Å²) in [6, 6.07) is 94.6. The maximum atomic E-state index is 2.42. The van der Waals surface area contributed by atoms with Gasteiger partial charge in [0.2, 0.25) is 0 Å². The Kier molecular flexibility index (Phi) is 9.97. The smallest absolute Gasteiger partial charge is 0.0540 e. The Hall–Kier alpha value is -8.26. The molecule has 0 fully saturated rings. The molecule has 0 aliphatic carbocycles. The van der Waals surface area contributed by atoms with Gasteiger partial charge >= 0.3 is 0 Å². The number of fused-ring (bicyclic) bond motifs is 3. The summed E-state index contributed by atoms with van der Waals surface area (Å²) in [6.07, 6.45) is 0. The molecule has 63 heavy (non-hydrogen) atoms. The molecule has 0 saturated heterocycles. The van der Waals surface area contributed by atoms with Gasteiger partial charge < -0.3 is 4.90 Å². The van der Waals surface area contributed by atoms with Crippen LogP contribution in [-0.4, -0.2) is 0 Å². The third-order valence-corrected chi connectivity index (χ3v) is 12.3. The van der Waals surface area contributed by atoms with Gasteiger partial charge in [0.15, 0.2) is 0 Å². The lowest BCUT2D eigenvalue weighted by molar-refractivity contribution is 1.28. The van der Waals surface area contributed by atoms with Crippen molar-refractivity contribution in [1.82, 2.24) is 0 Å². The van der Waals surface area contributed by atoms with Crippen molar-refractivity contribution in [2.45, 2.75) is 0 Å². The Balaban J connectivity index is 1.12. The van der Waals surface area contributed by atoms with E-state index < -0.39 is 0 Å². The lowest BCUT2D eigenvalue weighted by atomic mass is 9.83. The summed E-state index contributed by atoms with van der Waals surface area (Å²) in [5.74, 6) is 0. The number of hydrogen-bond donors (Lipinski definition) is 0. The van der Waals surface area contributed by atoms with E-state index in [1.165, 1.54) is 77.2 Å². The van der Waals surface area contributed by atoms with Crippen LogP contribution in [0.25, 0.3) is 88.3 Å². The van der Waals surface area contributed by atoms with Crippen LogP contribution < -0.4 is 4.90 Å². The first kappa shape index (κ1) is 37.7. The Labute approximate surface area is 369 Å². The zero-order valence-corrected chi connectivity index (χ0v) is 34.8. The largest absolute Gasteiger partial charge is 0.310 e. The van der Waals surface area contributed by atoms with Crippen molar-refractivity contribution in [3.63, 3.8) is 0 Å². The number of anilines is 3. The monoisotopic (exact) mass is 801 g/mol. The van der Waals surface area contributed by atoms with Gasteiger partial charge in [-0.05, 0) is 119 Å². The standard InChI is InChI=1S/C62H43N/c1-6-20-44(21-7-1)50-30-18-31-53(42-50)63(59-41-38-51(45-22-8-2-9-23-45)43-58(59)46-24-10-3-11-25-46)52-39-36-47(37-40-52)54-34-19-35-57-61(49-28-14-5-15-29-49)60(48-26-12-4-13-27-48)55-32-16-17-33-56(55)62(54)57/h1-43H. The molecule has 0 radical (unpaired) electrons. The van der Waals surface area contributed by atoms with Gasteiger partial charge in [0, 0.05) is 16.9 Å². The maximum absolute atomic E-state index is 2.42. The number of hydrogen-bond acceptors (Lipinski definition) is 1. The molecule has 0 unspecified atom stereocenters. The highest BCUT2D eigenvalue weighted by atomic mass is 15.1. The van der Waals surface area contributed by atoms with E-state index in [1.807, 2.05) is 0 Å². The van der Waals surface area contributed by atoms with E-state index >= 15 is 0 Å². The highest BCUT2D eigenvalue weighted by Gasteiger charge is 2.22. The van der Waals surface area contributed by atoms with Crippen molar-refractivity contribution in [3.05, 3.63) is 261 Å². The third-order valence-electron chi connectivity index (χ3n) is 12.3. The van der Waals surface area contributed by atoms with Crippen LogP contribution in [0, 0.1) is 0 Å². The van der Waals surface area contributed by atoms with Gasteiger partial charge in [0.05, 0.1) is 5.69 Å². The van der Waals surface area contributed by atoms with Gasteiger partial charge in [-0.15, -0.1) is 0 Å². The molecule has 0 atom stereocenters. The summed E-state index contributed by atoms with van der Waals surface area (Å²) >= 11 is 0. The summed E-state index contributed by atoms with van der Waals surface area (Å²) in [5.41, 5.74) is 17.6. The van der Waals surface area contributed by atoms with Crippen LogP contribution in [0.3, 0.4) is 0 Å². The zero-order chi connectivity index (χ0) is 42.0. The van der Waals surface area contributed by atoms with Crippen molar-refractivity contribution < 1.29 is 0 Å². The van der Waals surface area contributed by atoms with Gasteiger partial charge in [0.25, 0.3) is 0 Å². The van der Waals surface area contributed by atoms with Crippen LogP contribution in [-0.2, 0) is 0 Å². The van der Waals surface area contributed by atoms with E-state index in [-0.39, 0.29) is 0 Å². The zero-order valence-electron chi connectivity index (χ0n) is 34.8. The molecule has 11 aromatic carbocycles. The van der Waals surface area contributed by atoms with E-state index in [1.54, 1.807) is 0 Å². The predicted molar refractivity (Wildman–Crippen MR) is 269 cm³/mol. The molecule has 11 aromatic rings. The van der Waals surface area contributed by atoms with Crippen LogP contribution in [0.15, 0.2) is 261 Å². The number of nitrogens with zero attached hydrogens (tertiary/aromatic N) is 1. The lowest BCUT2D eigenvalue weighted by Crippen LogP contribution is -2.11. The molecule has 0 bridgehead atoms. The second-order valence-electron chi connectivity index (χ2n) is 16.0. The second-order valence-corrected chi connectivity index (χ2v) is 16.0. The van der Waals surface area contributed by atoms with Crippen molar-refractivity contribution in [3.8, 4) is 66.8 Å². The lowest BCUT2D eigenvalue weighted by Gasteiger charge is -2.29. The fourth-order valence-corrected chi connectivity index (χ4v) is 9.35. The van der Waals surface area contributed by atoms with Gasteiger partial charge in [-0.1, -0.05) is 224 Å². The Morgan fingerprint density at radius 1 is 0.222 bits per heavy atom. The molecular formula is C62H43N. The first-order valence-electron chi connectivity index (χ1n) is 21.7. The van der Waals surface area contributed by atoms with Crippen LogP contribution in [0.4, 0.5) is 17.1 Å². The Morgan fingerprint density at radius 2 is 0.651 bits per heavy atom. The molecular weight excluding hydrogens is 759 g/mol. The molecule has 0 amide bonds. The molecule has 11 rings (SSSR count). The van der Waals surface area contributed by atoms with Gasteiger partial charge in [0.1, 0.15) is 0 Å². The van der Waals surface area contributed by atoms with Crippen molar-refractivity contribution in [2.24, 2.45) is 0 Å². The van der Waals surface area contributed by atoms with Crippen molar-refractivity contribution in [2.75, 3.05) is 4.90 Å². The highest BCUT2D eigenvalue weighted by Crippen LogP contribution is 2.48. The summed E-state index contributed by atoms with van der Waals surface area (Å²) in [7, 11) is 0. The average molecular weight is 802 g/mol. The Bertz CT molecular complexity index is 3340. The minimum absolute atomic E-state index is 1.08. The molecule has 0 heterocycles. The molecule has 0 aliphatic heterocycles. The van der Waals surface area contributed by atoms with E-state index in [9.17, 15) is 0 Å². The molecule has 1 heteroatoms. The molecule has 1 nitrogen and oxygen atoms in total. The van der Waals surface area contributed by atoms with Crippen LogP contribution >= 0.6 is 0 Å². The van der Waals surface area contributed by atoms with E-state index in [0.717, 1.165) is 28.2 Å². The fraction of sp³-hybridized carbons (Fsp3) is 0. The van der Waals surface area contributed by atoms with Crippen LogP contribution in [0.1, 0.15) is 0 Å². The maximum Gasteiger partial charge on any atom is 0.0540 e. The second kappa shape index (κ2) is 16.7. The average Bonchev–Trinajstić information content (AvgIpc) is 3.37. The van der Waals surface area contributed by atoms with E-state index in [2.05, 4.69) is 266 Å². The fourth-order valence-electron chi connectivity index (χ4n) is 9.35. The minimum atomic E-state index is 1.08. The third kappa shape index (κ3) is 7.16. The molecule has 0 saturated carbocycles. The summed E-state index contributed by atoms with van der Waals surface area (Å²) in [6.45, 7) is 0. The molecule has 0 aromatic heterocycles. The number of benzene rings is 11. The first-order chi connectivity index (χ1) is 31.3. The van der Waals surface area contributed by atoms with Crippen molar-refractivity contribution in [1.29, 1.82) is 0 Å². The summed E-state index contributed by atoms with van der Waals surface area (Å²) in [5, 5.41) is 4.99. The number of rotatable bonds is 9. The molecule has 296 valence electrons. The predicted octanol–water partition coefficient (Wildman–Crippen LogP) is 17.5. The van der Waals surface area contributed by atoms with Crippen molar-refractivity contribution >= 4 is 38.6 Å². The summed E-state index contributed by atoms with van der Waals surface area (Å²) < 4.78 is 0. The first-order valence-corrected chi connectivity index (χ1v) is 21.7. The van der Waals surface area contributed by atoms with Gasteiger partial charge in [-0.3, -0.25) is 0 Å². The topological polar surface area (TPSA) is 3.24 Å². The SMILES string of the molecule is c1ccc(-c2cccc(N(c3ccc(-c4cccc5c(-c6ccccc6)c(-c6ccccc6)c6ccccc6c45)cc3)c3ccc(-c4ccccc4)cc3-c3ccccc3)c2)cc1. The van der Waals surface area contributed by atoms with Crippen LogP contribution in [0.5, 0.6) is 0 Å². The van der Waals surface area contributed by atoms with Gasteiger partial charge in [-0.25, -0.2) is 0 Å². The quantitative estimate of drug-likeness (QED) is 0.131. The van der Waals surface area contributed by atoms with E-state index in [0.29, 0.717) is 0 Å². The molecule has 0 N–H and O–H groups in total. The summed E-state index contributed by atoms with van der Waals surface area (Å²) in [4.78, 5) is 2.42. The Morgan fingerprint density at radius 3 is 1.25 bits per heavy atom. The van der Waals surface area contributed by atoms with Gasteiger partial charge in [-0.2, -0.15) is 0 Å². The normalized spacial score (nSPS) is 11.2. The molecule has 0 aliphatic rings. The molecule has 0 spiro atoms. The van der Waals surface area contributed by atoms with Crippen LogP contribution in [0.2, 0.25) is 0 Å². The highest BCUT2D eigenvalue weighted by molar-refractivity contribution is 6.25.